The number of likely N-dealkylation sites (tertiary alicyclic amines) is 1. The van der Waals surface area contributed by atoms with Crippen molar-refractivity contribution in [3.05, 3.63) is 89.5 Å². The van der Waals surface area contributed by atoms with Gasteiger partial charge in [-0.1, -0.05) is 48.5 Å². The SMILES string of the molecule is COCCCN1CCOc2ccc(CO[C@H]3CN(C(=O)O)C(C)[C@H](NCc4ccccc4)[C@H]3c3ccc(OC)cc3)cc21. The van der Waals surface area contributed by atoms with Crippen LogP contribution in [0.25, 0.3) is 0 Å². The number of rotatable bonds is 12. The van der Waals surface area contributed by atoms with E-state index in [1.807, 2.05) is 49.4 Å². The van der Waals surface area contributed by atoms with Crippen LogP contribution in [0.15, 0.2) is 72.8 Å². The maximum absolute atomic E-state index is 12.4. The summed E-state index contributed by atoms with van der Waals surface area (Å²) in [5, 5.41) is 13.9. The maximum Gasteiger partial charge on any atom is 0.407 e. The molecule has 4 atom stereocenters. The molecule has 9 heteroatoms. The van der Waals surface area contributed by atoms with Crippen LogP contribution in [0.2, 0.25) is 0 Å². The lowest BCUT2D eigenvalue weighted by atomic mass is 9.79. The Kier molecular flexibility index (Phi) is 10.4. The lowest BCUT2D eigenvalue weighted by Crippen LogP contribution is -2.62. The number of nitrogens with one attached hydrogen (secondary N) is 1. The van der Waals surface area contributed by atoms with Crippen LogP contribution in [0.1, 0.15) is 36.0 Å². The fourth-order valence-corrected chi connectivity index (χ4v) is 6.23. The summed E-state index contributed by atoms with van der Waals surface area (Å²) < 4.78 is 23.3. The largest absolute Gasteiger partial charge is 0.497 e. The lowest BCUT2D eigenvalue weighted by molar-refractivity contribution is -0.0472. The molecule has 2 N–H and O–H groups in total. The fourth-order valence-electron chi connectivity index (χ4n) is 6.23. The first-order valence-electron chi connectivity index (χ1n) is 15.0. The molecule has 3 aromatic carbocycles. The molecule has 230 valence electrons. The quantitative estimate of drug-likeness (QED) is 0.281. The van der Waals surface area contributed by atoms with Crippen LogP contribution < -0.4 is 19.7 Å². The summed E-state index contributed by atoms with van der Waals surface area (Å²) in [7, 11) is 3.38. The second-order valence-electron chi connectivity index (χ2n) is 11.2. The molecule has 0 aliphatic carbocycles. The summed E-state index contributed by atoms with van der Waals surface area (Å²) in [6.45, 7) is 6.29. The van der Waals surface area contributed by atoms with E-state index in [9.17, 15) is 9.90 Å². The van der Waals surface area contributed by atoms with Gasteiger partial charge >= 0.3 is 6.09 Å². The van der Waals surface area contributed by atoms with Crippen molar-refractivity contribution in [2.24, 2.45) is 0 Å². The standard InChI is InChI=1S/C34H43N3O6/c1-24-33(35-21-25-8-5-4-6-9-25)32(27-11-13-28(41-3)14-12-27)31(22-37(24)34(38)39)43-23-26-10-15-30-29(20-26)36(17-19-42-30)16-7-18-40-2/h4-6,8-15,20,24,31-33,35H,7,16-19,21-23H2,1-3H3,(H,38,39)/t24?,31-,32-,33-/m0/s1. The average molecular weight is 590 g/mol. The highest BCUT2D eigenvalue weighted by atomic mass is 16.5. The van der Waals surface area contributed by atoms with Gasteiger partial charge in [-0.25, -0.2) is 4.79 Å². The molecule has 0 bridgehead atoms. The van der Waals surface area contributed by atoms with Crippen LogP contribution >= 0.6 is 0 Å². The van der Waals surface area contributed by atoms with Crippen molar-refractivity contribution in [1.29, 1.82) is 0 Å². The van der Waals surface area contributed by atoms with E-state index < -0.39 is 6.09 Å². The van der Waals surface area contributed by atoms with Gasteiger partial charge in [0, 0.05) is 44.8 Å². The third-order valence-corrected chi connectivity index (χ3v) is 8.53. The zero-order valence-corrected chi connectivity index (χ0v) is 25.3. The number of ether oxygens (including phenoxy) is 4. The number of hydrogen-bond acceptors (Lipinski definition) is 7. The van der Waals surface area contributed by atoms with E-state index in [0.29, 0.717) is 26.4 Å². The Hall–Kier alpha value is -3.79. The molecule has 1 fully saturated rings. The number of amides is 1. The Balaban J connectivity index is 1.41. The minimum atomic E-state index is -0.946. The first-order valence-corrected chi connectivity index (χ1v) is 15.0. The normalized spacial score (nSPS) is 21.7. The molecule has 0 radical (unpaired) electrons. The Bertz CT molecular complexity index is 1320. The molecule has 1 unspecified atom stereocenters. The molecule has 0 saturated carbocycles. The van der Waals surface area contributed by atoms with Crippen LogP contribution in [0.5, 0.6) is 11.5 Å². The highest BCUT2D eigenvalue weighted by Crippen LogP contribution is 2.37. The summed E-state index contributed by atoms with van der Waals surface area (Å²) in [6, 6.07) is 23.9. The molecule has 43 heavy (non-hydrogen) atoms. The number of piperidine rings is 1. The maximum atomic E-state index is 12.4. The van der Waals surface area contributed by atoms with Crippen molar-refractivity contribution in [2.75, 3.05) is 52.0 Å². The van der Waals surface area contributed by atoms with Crippen LogP contribution in [0, 0.1) is 0 Å². The smallest absolute Gasteiger partial charge is 0.407 e. The van der Waals surface area contributed by atoms with E-state index in [0.717, 1.165) is 53.4 Å². The highest BCUT2D eigenvalue weighted by Gasteiger charge is 2.44. The molecule has 2 aliphatic rings. The minimum Gasteiger partial charge on any atom is -0.497 e. The molecule has 0 spiro atoms. The fraction of sp³-hybridized carbons (Fsp3) is 0.441. The van der Waals surface area contributed by atoms with Gasteiger partial charge in [0.25, 0.3) is 0 Å². The predicted molar refractivity (Wildman–Crippen MR) is 166 cm³/mol. The van der Waals surface area contributed by atoms with Crippen LogP contribution in [-0.2, 0) is 22.6 Å². The van der Waals surface area contributed by atoms with E-state index >= 15 is 0 Å². The number of carboxylic acid groups (broad SMARTS) is 1. The van der Waals surface area contributed by atoms with Gasteiger partial charge in [-0.05, 0) is 54.3 Å². The van der Waals surface area contributed by atoms with Crippen molar-refractivity contribution < 1.29 is 28.8 Å². The van der Waals surface area contributed by atoms with E-state index in [2.05, 4.69) is 40.5 Å². The molecule has 1 saturated heterocycles. The Labute approximate surface area is 254 Å². The van der Waals surface area contributed by atoms with Crippen molar-refractivity contribution in [3.8, 4) is 11.5 Å². The number of fused-ring (bicyclic) bond motifs is 1. The summed E-state index contributed by atoms with van der Waals surface area (Å²) in [5.41, 5.74) is 4.29. The summed E-state index contributed by atoms with van der Waals surface area (Å²) in [5.74, 6) is 1.56. The average Bonchev–Trinajstić information content (AvgIpc) is 3.04. The molecule has 3 aromatic rings. The van der Waals surface area contributed by atoms with Gasteiger partial charge in [-0.15, -0.1) is 0 Å². The minimum absolute atomic E-state index is 0.0910. The van der Waals surface area contributed by atoms with Gasteiger partial charge in [-0.3, -0.25) is 0 Å². The van der Waals surface area contributed by atoms with Gasteiger partial charge in [0.1, 0.15) is 18.1 Å². The molecule has 2 aliphatic heterocycles. The van der Waals surface area contributed by atoms with E-state index in [-0.39, 0.29) is 30.7 Å². The first kappa shape index (κ1) is 30.7. The van der Waals surface area contributed by atoms with E-state index in [1.54, 1.807) is 14.2 Å². The zero-order chi connectivity index (χ0) is 30.2. The molecule has 1 amide bonds. The summed E-state index contributed by atoms with van der Waals surface area (Å²) >= 11 is 0. The van der Waals surface area contributed by atoms with Crippen molar-refractivity contribution >= 4 is 11.8 Å². The van der Waals surface area contributed by atoms with E-state index in [1.165, 1.54) is 4.90 Å². The number of benzene rings is 3. The zero-order valence-electron chi connectivity index (χ0n) is 25.3. The van der Waals surface area contributed by atoms with Gasteiger partial charge in [-0.2, -0.15) is 0 Å². The third kappa shape index (κ3) is 7.41. The van der Waals surface area contributed by atoms with Crippen LogP contribution in [-0.4, -0.2) is 81.4 Å². The van der Waals surface area contributed by atoms with E-state index in [4.69, 9.17) is 18.9 Å². The summed E-state index contributed by atoms with van der Waals surface area (Å²) in [4.78, 5) is 16.3. The Morgan fingerprint density at radius 1 is 1.05 bits per heavy atom. The third-order valence-electron chi connectivity index (χ3n) is 8.53. The Morgan fingerprint density at radius 2 is 1.84 bits per heavy atom. The van der Waals surface area contributed by atoms with Crippen molar-refractivity contribution in [3.63, 3.8) is 0 Å². The van der Waals surface area contributed by atoms with Gasteiger partial charge in [0.05, 0.1) is 38.6 Å². The topological polar surface area (TPSA) is 92.7 Å². The first-order chi connectivity index (χ1) is 21.0. The van der Waals surface area contributed by atoms with Crippen molar-refractivity contribution in [2.45, 2.75) is 50.6 Å². The molecular weight excluding hydrogens is 546 g/mol. The summed E-state index contributed by atoms with van der Waals surface area (Å²) in [6.07, 6.45) is -0.388. The number of nitrogens with zero attached hydrogens (tertiary/aromatic N) is 2. The van der Waals surface area contributed by atoms with Gasteiger partial charge in [0.2, 0.25) is 0 Å². The molecule has 5 rings (SSSR count). The molecular formula is C34H43N3O6. The van der Waals surface area contributed by atoms with Gasteiger partial charge < -0.3 is 39.2 Å². The molecule has 9 nitrogen and oxygen atoms in total. The highest BCUT2D eigenvalue weighted by molar-refractivity contribution is 5.66. The monoisotopic (exact) mass is 589 g/mol. The number of anilines is 1. The lowest BCUT2D eigenvalue weighted by Gasteiger charge is -2.47. The molecule has 0 aromatic heterocycles. The molecule has 2 heterocycles. The van der Waals surface area contributed by atoms with Crippen LogP contribution in [0.4, 0.5) is 10.5 Å². The number of carbonyl (C=O) groups is 1. The number of methoxy groups -OCH3 is 2. The van der Waals surface area contributed by atoms with Crippen LogP contribution in [0.3, 0.4) is 0 Å². The van der Waals surface area contributed by atoms with Crippen molar-refractivity contribution in [1.82, 2.24) is 10.2 Å². The Morgan fingerprint density at radius 3 is 2.56 bits per heavy atom. The second kappa shape index (κ2) is 14.6. The second-order valence-corrected chi connectivity index (χ2v) is 11.2. The number of hydrogen-bond donors (Lipinski definition) is 2. The van der Waals surface area contributed by atoms with Gasteiger partial charge in [0.15, 0.2) is 0 Å². The predicted octanol–water partition coefficient (Wildman–Crippen LogP) is 5.14.